The van der Waals surface area contributed by atoms with E-state index < -0.39 is 21.7 Å². The fraction of sp³-hybridized carbons (Fsp3) is 0.176. The molecule has 12 heteroatoms. The van der Waals surface area contributed by atoms with E-state index in [9.17, 15) is 17.6 Å². The standard InChI is InChI=1S/C17H18FN7O3S/c1-24(2)29(27,28)14-5-3-4-12(8-14)21-17(26)10-19-16-9-13(6-7-15(16)18)25-11-20-22-23-25/h3-9,11,19H,10H2,1-2H3,(H,21,26). The van der Waals surface area contributed by atoms with Crippen molar-refractivity contribution in [3.8, 4) is 5.69 Å². The number of tetrazole rings is 1. The van der Waals surface area contributed by atoms with Gasteiger partial charge in [0.05, 0.1) is 22.8 Å². The summed E-state index contributed by atoms with van der Waals surface area (Å²) in [6.07, 6.45) is 1.36. The predicted molar refractivity (Wildman–Crippen MR) is 104 cm³/mol. The highest BCUT2D eigenvalue weighted by Crippen LogP contribution is 2.19. The Morgan fingerprint density at radius 2 is 2.00 bits per heavy atom. The van der Waals surface area contributed by atoms with E-state index in [0.717, 1.165) is 4.31 Å². The maximum Gasteiger partial charge on any atom is 0.243 e. The molecule has 10 nitrogen and oxygen atoms in total. The molecule has 0 spiro atoms. The zero-order valence-electron chi connectivity index (χ0n) is 15.6. The smallest absolute Gasteiger partial charge is 0.243 e. The second-order valence-electron chi connectivity index (χ2n) is 6.14. The molecule has 0 saturated heterocycles. The van der Waals surface area contributed by atoms with Gasteiger partial charge >= 0.3 is 0 Å². The molecule has 152 valence electrons. The van der Waals surface area contributed by atoms with Crippen molar-refractivity contribution in [3.63, 3.8) is 0 Å². The molecule has 2 aromatic carbocycles. The van der Waals surface area contributed by atoms with E-state index in [0.29, 0.717) is 11.4 Å². The Labute approximate surface area is 166 Å². The predicted octanol–water partition coefficient (Wildman–Crippen LogP) is 1.10. The molecule has 0 aliphatic rings. The van der Waals surface area contributed by atoms with Crippen molar-refractivity contribution < 1.29 is 17.6 Å². The number of nitrogens with zero attached hydrogens (tertiary/aromatic N) is 5. The minimum Gasteiger partial charge on any atom is -0.374 e. The summed E-state index contributed by atoms with van der Waals surface area (Å²) in [7, 11) is -0.786. The first-order valence-electron chi connectivity index (χ1n) is 8.36. The molecule has 0 aliphatic heterocycles. The van der Waals surface area contributed by atoms with E-state index in [1.165, 1.54) is 61.5 Å². The van der Waals surface area contributed by atoms with Crippen molar-refractivity contribution in [3.05, 3.63) is 54.6 Å². The van der Waals surface area contributed by atoms with Gasteiger partial charge in [-0.2, -0.15) is 0 Å². The van der Waals surface area contributed by atoms with Gasteiger partial charge in [0, 0.05) is 19.8 Å². The van der Waals surface area contributed by atoms with Crippen molar-refractivity contribution in [2.24, 2.45) is 0 Å². The van der Waals surface area contributed by atoms with Crippen LogP contribution in [0, 0.1) is 5.82 Å². The Balaban J connectivity index is 1.67. The first-order chi connectivity index (χ1) is 13.8. The van der Waals surface area contributed by atoms with Gasteiger partial charge in [-0.15, -0.1) is 5.10 Å². The van der Waals surface area contributed by atoms with Gasteiger partial charge in [0.15, 0.2) is 0 Å². The molecule has 0 unspecified atom stereocenters. The van der Waals surface area contributed by atoms with Crippen LogP contribution in [0.5, 0.6) is 0 Å². The fourth-order valence-electron chi connectivity index (χ4n) is 2.40. The lowest BCUT2D eigenvalue weighted by Crippen LogP contribution is -2.24. The summed E-state index contributed by atoms with van der Waals surface area (Å²) >= 11 is 0. The molecule has 0 saturated carbocycles. The largest absolute Gasteiger partial charge is 0.374 e. The number of carbonyl (C=O) groups is 1. The van der Waals surface area contributed by atoms with Crippen molar-refractivity contribution in [1.29, 1.82) is 0 Å². The molecule has 1 aromatic heterocycles. The number of aromatic nitrogens is 4. The highest BCUT2D eigenvalue weighted by atomic mass is 32.2. The molecule has 0 atom stereocenters. The molecule has 1 amide bonds. The second kappa shape index (κ2) is 8.32. The summed E-state index contributed by atoms with van der Waals surface area (Å²) in [5.41, 5.74) is 0.917. The third-order valence-electron chi connectivity index (χ3n) is 3.90. The van der Waals surface area contributed by atoms with Crippen LogP contribution in [0.1, 0.15) is 0 Å². The van der Waals surface area contributed by atoms with E-state index in [-0.39, 0.29) is 17.1 Å². The number of anilines is 2. The van der Waals surface area contributed by atoms with Crippen LogP contribution < -0.4 is 10.6 Å². The van der Waals surface area contributed by atoms with Gasteiger partial charge in [0.2, 0.25) is 15.9 Å². The molecule has 0 bridgehead atoms. The summed E-state index contributed by atoms with van der Waals surface area (Å²) in [4.78, 5) is 12.3. The van der Waals surface area contributed by atoms with E-state index >= 15 is 0 Å². The van der Waals surface area contributed by atoms with Crippen molar-refractivity contribution in [2.75, 3.05) is 31.3 Å². The Morgan fingerprint density at radius 3 is 2.69 bits per heavy atom. The normalized spacial score (nSPS) is 11.4. The van der Waals surface area contributed by atoms with Gasteiger partial charge in [-0.25, -0.2) is 21.8 Å². The first-order valence-corrected chi connectivity index (χ1v) is 9.80. The van der Waals surface area contributed by atoms with Crippen LogP contribution in [0.4, 0.5) is 15.8 Å². The minimum atomic E-state index is -3.62. The molecule has 3 rings (SSSR count). The molecular formula is C17H18FN7O3S. The third kappa shape index (κ3) is 4.73. The summed E-state index contributed by atoms with van der Waals surface area (Å²) in [6.45, 7) is -0.235. The van der Waals surface area contributed by atoms with Crippen LogP contribution in [0.3, 0.4) is 0 Å². The van der Waals surface area contributed by atoms with Gasteiger partial charge in [-0.05, 0) is 46.8 Å². The lowest BCUT2D eigenvalue weighted by Gasteiger charge is -2.13. The number of benzene rings is 2. The van der Waals surface area contributed by atoms with Crippen LogP contribution in [0.15, 0.2) is 53.7 Å². The number of halogens is 1. The lowest BCUT2D eigenvalue weighted by molar-refractivity contribution is -0.114. The Morgan fingerprint density at radius 1 is 1.21 bits per heavy atom. The van der Waals surface area contributed by atoms with E-state index in [2.05, 4.69) is 26.2 Å². The highest BCUT2D eigenvalue weighted by Gasteiger charge is 2.17. The van der Waals surface area contributed by atoms with Gasteiger partial charge < -0.3 is 10.6 Å². The number of carbonyl (C=O) groups excluding carboxylic acids is 1. The molecule has 0 radical (unpaired) electrons. The van der Waals surface area contributed by atoms with Crippen molar-refractivity contribution in [1.82, 2.24) is 24.5 Å². The average Bonchev–Trinajstić information content (AvgIpc) is 3.22. The van der Waals surface area contributed by atoms with E-state index in [1.54, 1.807) is 6.07 Å². The molecular weight excluding hydrogens is 401 g/mol. The van der Waals surface area contributed by atoms with Crippen LogP contribution in [-0.4, -0.2) is 59.5 Å². The molecule has 2 N–H and O–H groups in total. The zero-order chi connectivity index (χ0) is 21.0. The maximum atomic E-state index is 14.0. The summed E-state index contributed by atoms with van der Waals surface area (Å²) in [6, 6.07) is 10.1. The number of rotatable bonds is 7. The Kier molecular flexibility index (Phi) is 5.84. The van der Waals surface area contributed by atoms with Crippen LogP contribution >= 0.6 is 0 Å². The molecule has 3 aromatic rings. The third-order valence-corrected chi connectivity index (χ3v) is 5.71. The van der Waals surface area contributed by atoms with Gasteiger partial charge in [0.25, 0.3) is 0 Å². The molecule has 0 aliphatic carbocycles. The molecule has 29 heavy (non-hydrogen) atoms. The Bertz CT molecular complexity index is 1120. The second-order valence-corrected chi connectivity index (χ2v) is 8.29. The number of hydrogen-bond acceptors (Lipinski definition) is 7. The topological polar surface area (TPSA) is 122 Å². The lowest BCUT2D eigenvalue weighted by atomic mass is 10.2. The summed E-state index contributed by atoms with van der Waals surface area (Å²) < 4.78 is 40.8. The van der Waals surface area contributed by atoms with Crippen molar-refractivity contribution in [2.45, 2.75) is 4.90 Å². The van der Waals surface area contributed by atoms with Crippen LogP contribution in [0.25, 0.3) is 5.69 Å². The van der Waals surface area contributed by atoms with Crippen molar-refractivity contribution >= 4 is 27.3 Å². The summed E-state index contributed by atoms with van der Waals surface area (Å²) in [5.74, 6) is -1.02. The number of hydrogen-bond donors (Lipinski definition) is 2. The minimum absolute atomic E-state index is 0.0495. The van der Waals surface area contributed by atoms with E-state index in [1.807, 2.05) is 0 Å². The first kappa shape index (κ1) is 20.4. The average molecular weight is 419 g/mol. The van der Waals surface area contributed by atoms with Gasteiger partial charge in [-0.3, -0.25) is 4.79 Å². The van der Waals surface area contributed by atoms with Crippen LogP contribution in [0.2, 0.25) is 0 Å². The number of sulfonamides is 1. The summed E-state index contributed by atoms with van der Waals surface area (Å²) in [5, 5.41) is 16.0. The van der Waals surface area contributed by atoms with Gasteiger partial charge in [0.1, 0.15) is 12.1 Å². The Hall–Kier alpha value is -3.38. The number of nitrogens with one attached hydrogen (secondary N) is 2. The monoisotopic (exact) mass is 419 g/mol. The number of amides is 1. The highest BCUT2D eigenvalue weighted by molar-refractivity contribution is 7.89. The molecule has 1 heterocycles. The maximum absolute atomic E-state index is 14.0. The molecule has 0 fully saturated rings. The SMILES string of the molecule is CN(C)S(=O)(=O)c1cccc(NC(=O)CNc2cc(-n3cnnn3)ccc2F)c1. The zero-order valence-corrected chi connectivity index (χ0v) is 16.4. The quantitative estimate of drug-likeness (QED) is 0.588. The van der Waals surface area contributed by atoms with E-state index in [4.69, 9.17) is 0 Å². The van der Waals surface area contributed by atoms with Gasteiger partial charge in [-0.1, -0.05) is 6.07 Å². The fourth-order valence-corrected chi connectivity index (χ4v) is 3.34. The van der Waals surface area contributed by atoms with Crippen LogP contribution in [-0.2, 0) is 14.8 Å².